The van der Waals surface area contributed by atoms with Crippen LogP contribution in [0.15, 0.2) is 48.5 Å². The molecule has 0 fully saturated rings. The first-order valence-corrected chi connectivity index (χ1v) is 6.81. The molecule has 98 valence electrons. The first kappa shape index (κ1) is 14.2. The van der Waals surface area contributed by atoms with Crippen LogP contribution in [0.4, 0.5) is 5.69 Å². The fourth-order valence-corrected chi connectivity index (χ4v) is 2.29. The fraction of sp³-hybridized carbons (Fsp3) is 0.0714. The number of benzene rings is 2. The first-order chi connectivity index (χ1) is 9.15. The molecule has 0 aromatic heterocycles. The van der Waals surface area contributed by atoms with Crippen molar-refractivity contribution in [1.82, 2.24) is 0 Å². The Morgan fingerprint density at radius 1 is 1.00 bits per heavy atom. The van der Waals surface area contributed by atoms with Gasteiger partial charge < -0.3 is 0 Å². The molecule has 0 saturated heterocycles. The van der Waals surface area contributed by atoms with Gasteiger partial charge in [-0.2, -0.15) is 0 Å². The van der Waals surface area contributed by atoms with Crippen molar-refractivity contribution in [2.75, 3.05) is 10.9 Å². The van der Waals surface area contributed by atoms with Gasteiger partial charge in [-0.05, 0) is 24.3 Å². The van der Waals surface area contributed by atoms with E-state index in [2.05, 4.69) is 0 Å². The zero-order valence-electron chi connectivity index (χ0n) is 9.82. The van der Waals surface area contributed by atoms with Gasteiger partial charge in [0.25, 0.3) is 5.91 Å². The molecule has 0 unspecified atom stereocenters. The monoisotopic (exact) mass is 313 g/mol. The molecule has 0 spiro atoms. The molecule has 2 aromatic carbocycles. The van der Waals surface area contributed by atoms with Crippen molar-refractivity contribution in [3.63, 3.8) is 0 Å². The lowest BCUT2D eigenvalue weighted by Crippen LogP contribution is -2.29. The lowest BCUT2D eigenvalue weighted by molar-refractivity contribution is 0.0991. The molecule has 2 aromatic rings. The molecule has 0 bridgehead atoms. The topological polar surface area (TPSA) is 20.3 Å². The van der Waals surface area contributed by atoms with Crippen LogP contribution in [-0.4, -0.2) is 11.9 Å². The summed E-state index contributed by atoms with van der Waals surface area (Å²) in [5.41, 5.74) is 1.04. The van der Waals surface area contributed by atoms with E-state index in [4.69, 9.17) is 34.8 Å². The van der Waals surface area contributed by atoms with Gasteiger partial charge in [-0.1, -0.05) is 47.5 Å². The molecule has 2 nitrogen and oxygen atoms in total. The van der Waals surface area contributed by atoms with Crippen LogP contribution in [0, 0.1) is 0 Å². The Bertz CT molecular complexity index is 586. The van der Waals surface area contributed by atoms with E-state index in [9.17, 15) is 4.79 Å². The second-order valence-electron chi connectivity index (χ2n) is 3.79. The van der Waals surface area contributed by atoms with Gasteiger partial charge in [0.2, 0.25) is 0 Å². The molecule has 0 heterocycles. The van der Waals surface area contributed by atoms with Crippen LogP contribution in [0.2, 0.25) is 10.0 Å². The second-order valence-corrected chi connectivity index (χ2v) is 4.81. The number of amides is 1. The number of hydrogen-bond acceptors (Lipinski definition) is 1. The second kappa shape index (κ2) is 6.29. The number of carbonyl (C=O) groups is 1. The Kier molecular flexibility index (Phi) is 4.70. The molecule has 0 saturated carbocycles. The van der Waals surface area contributed by atoms with Crippen molar-refractivity contribution in [2.24, 2.45) is 0 Å². The number of nitrogens with zero attached hydrogens (tertiary/aromatic N) is 1. The molecule has 0 aliphatic rings. The zero-order chi connectivity index (χ0) is 13.8. The van der Waals surface area contributed by atoms with Crippen molar-refractivity contribution in [3.05, 3.63) is 64.1 Å². The minimum atomic E-state index is -0.284. The Balaban J connectivity index is 2.39. The molecule has 0 aliphatic carbocycles. The summed E-state index contributed by atoms with van der Waals surface area (Å²) in [5.74, 6) is -0.284. The van der Waals surface area contributed by atoms with Crippen LogP contribution in [0.3, 0.4) is 0 Å². The summed E-state index contributed by atoms with van der Waals surface area (Å²) in [6.45, 7) is 0. The summed E-state index contributed by atoms with van der Waals surface area (Å²) in [6, 6.07) is 14.1. The quantitative estimate of drug-likeness (QED) is 0.586. The Hall–Kier alpha value is -1.22. The van der Waals surface area contributed by atoms with Gasteiger partial charge in [0.15, 0.2) is 0 Å². The third-order valence-corrected chi connectivity index (χ3v) is 3.67. The number of hydrogen-bond donors (Lipinski definition) is 0. The summed E-state index contributed by atoms with van der Waals surface area (Å²) in [5, 5.41) is 0.579. The van der Waals surface area contributed by atoms with E-state index >= 15 is 0 Å². The maximum Gasteiger partial charge on any atom is 0.260 e. The molecule has 0 atom stereocenters. The van der Waals surface area contributed by atoms with Crippen LogP contribution in [-0.2, 0) is 0 Å². The zero-order valence-corrected chi connectivity index (χ0v) is 12.1. The lowest BCUT2D eigenvalue weighted by Gasteiger charge is -2.20. The van der Waals surface area contributed by atoms with Gasteiger partial charge in [-0.3, -0.25) is 9.69 Å². The maximum absolute atomic E-state index is 12.4. The highest BCUT2D eigenvalue weighted by Crippen LogP contribution is 2.28. The SMILES string of the molecule is O=C(c1cccc(Cl)c1Cl)N(CCl)c1ccccc1. The number of halogens is 3. The predicted octanol–water partition coefficient (Wildman–Crippen LogP) is 4.84. The van der Waals surface area contributed by atoms with Gasteiger partial charge in [-0.15, -0.1) is 11.6 Å². The van der Waals surface area contributed by atoms with E-state index in [1.54, 1.807) is 30.3 Å². The number of rotatable bonds is 3. The normalized spacial score (nSPS) is 10.3. The number of carbonyl (C=O) groups excluding carboxylic acids is 1. The highest BCUT2D eigenvalue weighted by molar-refractivity contribution is 6.44. The van der Waals surface area contributed by atoms with Crippen LogP contribution in [0.1, 0.15) is 10.4 Å². The molecular weight excluding hydrogens is 305 g/mol. The fourth-order valence-electron chi connectivity index (χ4n) is 1.66. The highest BCUT2D eigenvalue weighted by Gasteiger charge is 2.20. The van der Waals surface area contributed by atoms with Gasteiger partial charge in [-0.25, -0.2) is 0 Å². The van der Waals surface area contributed by atoms with E-state index in [0.717, 1.165) is 0 Å². The van der Waals surface area contributed by atoms with Gasteiger partial charge in [0, 0.05) is 5.69 Å². The van der Waals surface area contributed by atoms with Crippen LogP contribution < -0.4 is 4.90 Å². The van der Waals surface area contributed by atoms with Crippen molar-refractivity contribution >= 4 is 46.4 Å². The number of anilines is 1. The molecule has 1 amide bonds. The van der Waals surface area contributed by atoms with E-state index in [-0.39, 0.29) is 16.9 Å². The van der Waals surface area contributed by atoms with E-state index in [1.807, 2.05) is 18.2 Å². The minimum Gasteiger partial charge on any atom is -0.294 e. The molecule has 2 rings (SSSR count). The summed E-state index contributed by atoms with van der Waals surface area (Å²) in [4.78, 5) is 13.9. The number of alkyl halides is 1. The summed E-state index contributed by atoms with van der Waals surface area (Å²) in [6.07, 6.45) is 0. The van der Waals surface area contributed by atoms with Crippen molar-refractivity contribution in [1.29, 1.82) is 0 Å². The van der Waals surface area contributed by atoms with Crippen molar-refractivity contribution < 1.29 is 4.79 Å². The van der Waals surface area contributed by atoms with E-state index in [0.29, 0.717) is 16.3 Å². The Labute approximate surface area is 126 Å². The molecule has 0 N–H and O–H groups in total. The standard InChI is InChI=1S/C14H10Cl3NO/c15-9-18(10-5-2-1-3-6-10)14(19)11-7-4-8-12(16)13(11)17/h1-8H,9H2. The summed E-state index contributed by atoms with van der Waals surface area (Å²) >= 11 is 17.8. The minimum absolute atomic E-state index is 0.0334. The molecule has 0 radical (unpaired) electrons. The first-order valence-electron chi connectivity index (χ1n) is 5.52. The third kappa shape index (κ3) is 3.03. The number of para-hydroxylation sites is 1. The highest BCUT2D eigenvalue weighted by atomic mass is 35.5. The van der Waals surface area contributed by atoms with Gasteiger partial charge in [0.05, 0.1) is 15.6 Å². The molecule has 0 aliphatic heterocycles. The largest absolute Gasteiger partial charge is 0.294 e. The lowest BCUT2D eigenvalue weighted by atomic mass is 10.2. The molecule has 19 heavy (non-hydrogen) atoms. The Morgan fingerprint density at radius 3 is 2.32 bits per heavy atom. The van der Waals surface area contributed by atoms with E-state index in [1.165, 1.54) is 4.90 Å². The average Bonchev–Trinajstić information content (AvgIpc) is 2.44. The molecular formula is C14H10Cl3NO. The smallest absolute Gasteiger partial charge is 0.260 e. The predicted molar refractivity (Wildman–Crippen MR) is 80.4 cm³/mol. The Morgan fingerprint density at radius 2 is 1.68 bits per heavy atom. The third-order valence-electron chi connectivity index (χ3n) is 2.61. The van der Waals surface area contributed by atoms with Gasteiger partial charge >= 0.3 is 0 Å². The summed E-state index contributed by atoms with van der Waals surface area (Å²) in [7, 11) is 0. The summed E-state index contributed by atoms with van der Waals surface area (Å²) < 4.78 is 0. The van der Waals surface area contributed by atoms with Crippen LogP contribution >= 0.6 is 34.8 Å². The maximum atomic E-state index is 12.4. The van der Waals surface area contributed by atoms with E-state index < -0.39 is 0 Å². The van der Waals surface area contributed by atoms with Gasteiger partial charge in [0.1, 0.15) is 6.00 Å². The molecule has 5 heteroatoms. The van der Waals surface area contributed by atoms with Crippen molar-refractivity contribution in [2.45, 2.75) is 0 Å². The van der Waals surface area contributed by atoms with Crippen molar-refractivity contribution in [3.8, 4) is 0 Å². The van der Waals surface area contributed by atoms with Crippen LogP contribution in [0.5, 0.6) is 0 Å². The average molecular weight is 315 g/mol. The van der Waals surface area contributed by atoms with Crippen LogP contribution in [0.25, 0.3) is 0 Å².